The molecule has 140 valence electrons. The van der Waals surface area contributed by atoms with Crippen molar-refractivity contribution in [3.8, 4) is 11.1 Å². The van der Waals surface area contributed by atoms with E-state index in [1.807, 2.05) is 40.6 Å². The van der Waals surface area contributed by atoms with Crippen molar-refractivity contribution in [2.75, 3.05) is 24.7 Å². The van der Waals surface area contributed by atoms with E-state index >= 15 is 0 Å². The lowest BCUT2D eigenvalue weighted by atomic mass is 10.1. The summed E-state index contributed by atoms with van der Waals surface area (Å²) in [7, 11) is 0. The van der Waals surface area contributed by atoms with E-state index in [9.17, 15) is 9.59 Å². The fraction of sp³-hybridized carbons (Fsp3) is 0.316. The zero-order chi connectivity index (χ0) is 18.8. The highest BCUT2D eigenvalue weighted by Gasteiger charge is 2.20. The molecule has 4 rings (SSSR count). The highest BCUT2D eigenvalue weighted by molar-refractivity contribution is 7.99. The highest BCUT2D eigenvalue weighted by Crippen LogP contribution is 2.31. The Morgan fingerprint density at radius 1 is 1.19 bits per heavy atom. The minimum absolute atomic E-state index is 0.0743. The van der Waals surface area contributed by atoms with E-state index in [0.717, 1.165) is 41.7 Å². The van der Waals surface area contributed by atoms with Crippen LogP contribution in [0.3, 0.4) is 0 Å². The first kappa shape index (κ1) is 18.1. The molecular weight excluding hydrogens is 380 g/mol. The minimum atomic E-state index is -0.284. The molecule has 1 fully saturated rings. The van der Waals surface area contributed by atoms with Crippen LogP contribution < -0.4 is 11.4 Å². The molecule has 0 aliphatic carbocycles. The molecule has 0 spiro atoms. The lowest BCUT2D eigenvalue weighted by molar-refractivity contribution is -0.129. The van der Waals surface area contributed by atoms with Crippen molar-refractivity contribution in [3.05, 3.63) is 46.1 Å². The second-order valence-electron chi connectivity index (χ2n) is 6.50. The number of rotatable bonds is 4. The molecule has 1 aliphatic heterocycles. The summed E-state index contributed by atoms with van der Waals surface area (Å²) in [6.45, 7) is 1.62. The molecule has 3 heterocycles. The summed E-state index contributed by atoms with van der Waals surface area (Å²) in [5.74, 6) is 6.34. The van der Waals surface area contributed by atoms with Crippen LogP contribution in [0.15, 0.2) is 45.7 Å². The first-order chi connectivity index (χ1) is 13.1. The number of hydrogen-bond donors (Lipinski definition) is 1. The molecule has 3 aromatic rings. The topological polar surface area (TPSA) is 81.2 Å². The molecule has 0 radical (unpaired) electrons. The van der Waals surface area contributed by atoms with Crippen molar-refractivity contribution in [1.29, 1.82) is 0 Å². The zero-order valence-corrected chi connectivity index (χ0v) is 16.4. The van der Waals surface area contributed by atoms with Gasteiger partial charge in [0.25, 0.3) is 5.56 Å². The molecule has 6 nitrogen and oxygen atoms in total. The lowest BCUT2D eigenvalue weighted by Gasteiger charge is -2.26. The van der Waals surface area contributed by atoms with Gasteiger partial charge in [-0.2, -0.15) is 0 Å². The Kier molecular flexibility index (Phi) is 5.18. The number of thioether (sulfide) groups is 1. The van der Waals surface area contributed by atoms with Crippen molar-refractivity contribution in [2.24, 2.45) is 0 Å². The summed E-state index contributed by atoms with van der Waals surface area (Å²) >= 11 is 2.64. The summed E-state index contributed by atoms with van der Waals surface area (Å²) < 4.78 is 1.07. The fourth-order valence-corrected chi connectivity index (χ4v) is 5.09. The van der Waals surface area contributed by atoms with E-state index in [-0.39, 0.29) is 17.2 Å². The Hall–Kier alpha value is -2.32. The standard InChI is InChI=1S/C19H20N4O2S2/c20-23-18(25)16-14(13-7-3-1-4-8-13)11-26-17(16)21-19(23)27-12-15(24)22-9-5-2-6-10-22/h1,3-4,7-8,11H,2,5-6,9-10,12,20H2. The number of hydrogen-bond acceptors (Lipinski definition) is 6. The number of nitrogens with two attached hydrogens (primary N) is 1. The van der Waals surface area contributed by atoms with Crippen LogP contribution in [-0.2, 0) is 4.79 Å². The van der Waals surface area contributed by atoms with E-state index in [1.165, 1.54) is 29.5 Å². The van der Waals surface area contributed by atoms with Crippen LogP contribution in [0.5, 0.6) is 0 Å². The molecule has 1 amide bonds. The first-order valence-electron chi connectivity index (χ1n) is 8.90. The van der Waals surface area contributed by atoms with Gasteiger partial charge in [0, 0.05) is 24.0 Å². The number of amides is 1. The van der Waals surface area contributed by atoms with Crippen molar-refractivity contribution < 1.29 is 4.79 Å². The molecule has 1 aromatic carbocycles. The summed E-state index contributed by atoms with van der Waals surface area (Å²) in [6.07, 6.45) is 3.29. The summed E-state index contributed by atoms with van der Waals surface area (Å²) in [6, 6.07) is 9.72. The van der Waals surface area contributed by atoms with Crippen LogP contribution in [-0.4, -0.2) is 39.3 Å². The second kappa shape index (κ2) is 7.74. The van der Waals surface area contributed by atoms with Gasteiger partial charge in [0.1, 0.15) is 4.83 Å². The smallest absolute Gasteiger partial charge is 0.282 e. The predicted molar refractivity (Wildman–Crippen MR) is 111 cm³/mol. The van der Waals surface area contributed by atoms with Gasteiger partial charge in [-0.3, -0.25) is 9.59 Å². The normalized spacial score (nSPS) is 14.6. The molecular formula is C19H20N4O2S2. The number of thiophene rings is 1. The Bertz CT molecular complexity index is 1020. The Labute approximate surface area is 165 Å². The first-order valence-corrected chi connectivity index (χ1v) is 10.8. The number of piperidine rings is 1. The Morgan fingerprint density at radius 3 is 2.67 bits per heavy atom. The number of likely N-dealkylation sites (tertiary alicyclic amines) is 1. The number of benzene rings is 1. The average molecular weight is 401 g/mol. The van der Waals surface area contributed by atoms with E-state index in [0.29, 0.717) is 15.4 Å². The number of carbonyl (C=O) groups is 1. The molecule has 0 bridgehead atoms. The van der Waals surface area contributed by atoms with Gasteiger partial charge in [-0.15, -0.1) is 11.3 Å². The maximum Gasteiger partial charge on any atom is 0.282 e. The van der Waals surface area contributed by atoms with Crippen LogP contribution in [0.4, 0.5) is 0 Å². The molecule has 0 atom stereocenters. The van der Waals surface area contributed by atoms with Crippen molar-refractivity contribution in [3.63, 3.8) is 0 Å². The molecule has 1 aliphatic rings. The monoisotopic (exact) mass is 400 g/mol. The van der Waals surface area contributed by atoms with Gasteiger partial charge in [-0.05, 0) is 24.8 Å². The minimum Gasteiger partial charge on any atom is -0.342 e. The van der Waals surface area contributed by atoms with Crippen LogP contribution in [0.1, 0.15) is 19.3 Å². The third-order valence-corrected chi connectivity index (χ3v) is 6.54. The maximum atomic E-state index is 12.8. The third kappa shape index (κ3) is 3.59. The number of aromatic nitrogens is 2. The molecule has 1 saturated heterocycles. The van der Waals surface area contributed by atoms with E-state index in [2.05, 4.69) is 4.98 Å². The summed E-state index contributed by atoms with van der Waals surface area (Å²) in [5.41, 5.74) is 1.52. The van der Waals surface area contributed by atoms with E-state index in [1.54, 1.807) is 0 Å². The van der Waals surface area contributed by atoms with Gasteiger partial charge in [0.05, 0.1) is 11.1 Å². The van der Waals surface area contributed by atoms with Gasteiger partial charge in [0.15, 0.2) is 5.16 Å². The molecule has 27 heavy (non-hydrogen) atoms. The van der Waals surface area contributed by atoms with Crippen LogP contribution in [0, 0.1) is 0 Å². The van der Waals surface area contributed by atoms with Crippen LogP contribution >= 0.6 is 23.1 Å². The number of nitrogen functional groups attached to an aromatic ring is 1. The molecule has 2 aromatic heterocycles. The van der Waals surface area contributed by atoms with Gasteiger partial charge < -0.3 is 10.7 Å². The van der Waals surface area contributed by atoms with Crippen molar-refractivity contribution >= 4 is 39.2 Å². The third-order valence-electron chi connectivity index (χ3n) is 4.73. The van der Waals surface area contributed by atoms with E-state index < -0.39 is 0 Å². The number of nitrogens with zero attached hydrogens (tertiary/aromatic N) is 3. The van der Waals surface area contributed by atoms with Crippen LogP contribution in [0.25, 0.3) is 21.3 Å². The van der Waals surface area contributed by atoms with Gasteiger partial charge in [0.2, 0.25) is 5.91 Å². The SMILES string of the molecule is Nn1c(SCC(=O)N2CCCCC2)nc2scc(-c3ccccc3)c2c1=O. The lowest BCUT2D eigenvalue weighted by Crippen LogP contribution is -2.37. The summed E-state index contributed by atoms with van der Waals surface area (Å²) in [5, 5.41) is 2.83. The largest absolute Gasteiger partial charge is 0.342 e. The highest BCUT2D eigenvalue weighted by atomic mass is 32.2. The van der Waals surface area contributed by atoms with Gasteiger partial charge in [-0.1, -0.05) is 42.1 Å². The zero-order valence-electron chi connectivity index (χ0n) is 14.8. The Morgan fingerprint density at radius 2 is 1.93 bits per heavy atom. The maximum absolute atomic E-state index is 12.8. The second-order valence-corrected chi connectivity index (χ2v) is 8.30. The Balaban J connectivity index is 1.61. The molecule has 8 heteroatoms. The quantitative estimate of drug-likeness (QED) is 0.414. The summed E-state index contributed by atoms with van der Waals surface area (Å²) in [4.78, 5) is 32.3. The van der Waals surface area contributed by atoms with Crippen molar-refractivity contribution in [1.82, 2.24) is 14.6 Å². The van der Waals surface area contributed by atoms with Crippen LogP contribution in [0.2, 0.25) is 0 Å². The average Bonchev–Trinajstić information content (AvgIpc) is 3.14. The molecule has 0 saturated carbocycles. The van der Waals surface area contributed by atoms with Gasteiger partial charge in [-0.25, -0.2) is 9.66 Å². The molecule has 0 unspecified atom stereocenters. The van der Waals surface area contributed by atoms with Gasteiger partial charge >= 0.3 is 0 Å². The number of fused-ring (bicyclic) bond motifs is 1. The van der Waals surface area contributed by atoms with Crippen molar-refractivity contribution in [2.45, 2.75) is 24.4 Å². The predicted octanol–water partition coefficient (Wildman–Crippen LogP) is 2.94. The molecule has 2 N–H and O–H groups in total. The number of carbonyl (C=O) groups excluding carboxylic acids is 1. The van der Waals surface area contributed by atoms with E-state index in [4.69, 9.17) is 5.84 Å². The fourth-order valence-electron chi connectivity index (χ4n) is 3.28.